The maximum absolute atomic E-state index is 12.0. The van der Waals surface area contributed by atoms with E-state index in [0.29, 0.717) is 32.0 Å². The van der Waals surface area contributed by atoms with Gasteiger partial charge in [-0.25, -0.2) is 0 Å². The average Bonchev–Trinajstić information content (AvgIpc) is 3.02. The number of hydrogen-bond donors (Lipinski definition) is 1. The number of nitrogens with one attached hydrogen (secondary N) is 1. The van der Waals surface area contributed by atoms with E-state index < -0.39 is 0 Å². The lowest BCUT2D eigenvalue weighted by Gasteiger charge is -2.25. The van der Waals surface area contributed by atoms with Crippen LogP contribution in [0.1, 0.15) is 17.7 Å². The number of methoxy groups -OCH3 is 1. The van der Waals surface area contributed by atoms with Crippen molar-refractivity contribution in [1.82, 2.24) is 15.1 Å². The molecule has 0 fully saturated rings. The zero-order chi connectivity index (χ0) is 16.9. The zero-order valence-electron chi connectivity index (χ0n) is 14.1. The first-order chi connectivity index (χ1) is 11.7. The van der Waals surface area contributed by atoms with E-state index in [4.69, 9.17) is 9.47 Å². The molecule has 6 heteroatoms. The summed E-state index contributed by atoms with van der Waals surface area (Å²) in [5.41, 5.74) is 2.23. The van der Waals surface area contributed by atoms with Crippen LogP contribution in [-0.2, 0) is 17.8 Å². The molecule has 1 unspecified atom stereocenters. The third kappa shape index (κ3) is 3.88. The number of amides is 1. The summed E-state index contributed by atoms with van der Waals surface area (Å²) >= 11 is 0. The number of aryl methyl sites for hydroxylation is 2. The molecule has 1 aromatic heterocycles. The zero-order valence-corrected chi connectivity index (χ0v) is 14.1. The monoisotopic (exact) mass is 329 g/mol. The van der Waals surface area contributed by atoms with Gasteiger partial charge in [0.05, 0.1) is 13.7 Å². The van der Waals surface area contributed by atoms with E-state index >= 15 is 0 Å². The topological polar surface area (TPSA) is 65.4 Å². The second-order valence-corrected chi connectivity index (χ2v) is 6.10. The third-order valence-corrected chi connectivity index (χ3v) is 4.32. The Labute approximate surface area is 141 Å². The lowest BCUT2D eigenvalue weighted by Crippen LogP contribution is -2.35. The van der Waals surface area contributed by atoms with Crippen LogP contribution in [0.4, 0.5) is 0 Å². The Kier molecular flexibility index (Phi) is 5.03. The van der Waals surface area contributed by atoms with Gasteiger partial charge >= 0.3 is 0 Å². The average molecular weight is 329 g/mol. The van der Waals surface area contributed by atoms with Crippen LogP contribution in [0.25, 0.3) is 0 Å². The molecule has 0 radical (unpaired) electrons. The molecule has 0 spiro atoms. The van der Waals surface area contributed by atoms with Crippen molar-refractivity contribution in [2.45, 2.75) is 26.3 Å². The van der Waals surface area contributed by atoms with Crippen LogP contribution in [0.3, 0.4) is 0 Å². The number of hydrogen-bond acceptors (Lipinski definition) is 4. The van der Waals surface area contributed by atoms with Gasteiger partial charge in [0.2, 0.25) is 5.91 Å². The standard InChI is InChI=1S/C18H23N3O3/c1-13-5-7-20-21(13)8-6-18(22)19-11-14-9-15-3-4-16(23-2)10-17(15)24-12-14/h3-5,7,10,14H,6,8-9,11-12H2,1-2H3,(H,19,22). The maximum atomic E-state index is 12.0. The molecule has 0 saturated carbocycles. The van der Waals surface area contributed by atoms with E-state index in [1.165, 1.54) is 0 Å². The molecule has 24 heavy (non-hydrogen) atoms. The fourth-order valence-electron chi connectivity index (χ4n) is 2.86. The van der Waals surface area contributed by atoms with E-state index in [2.05, 4.69) is 10.4 Å². The van der Waals surface area contributed by atoms with Crippen LogP contribution in [0, 0.1) is 12.8 Å². The first kappa shape index (κ1) is 16.4. The molecule has 1 amide bonds. The number of carbonyl (C=O) groups is 1. The van der Waals surface area contributed by atoms with Crippen molar-refractivity contribution in [1.29, 1.82) is 0 Å². The number of aromatic nitrogens is 2. The SMILES string of the molecule is COc1ccc2c(c1)OCC(CNC(=O)CCn1nccc1C)C2. The summed E-state index contributed by atoms with van der Waals surface area (Å²) in [4.78, 5) is 12.0. The molecule has 128 valence electrons. The van der Waals surface area contributed by atoms with E-state index in [0.717, 1.165) is 29.2 Å². The van der Waals surface area contributed by atoms with Gasteiger partial charge in [-0.2, -0.15) is 5.10 Å². The van der Waals surface area contributed by atoms with Gasteiger partial charge in [0, 0.05) is 43.4 Å². The molecule has 3 rings (SSSR count). The Balaban J connectivity index is 1.45. The third-order valence-electron chi connectivity index (χ3n) is 4.32. The molecule has 0 bridgehead atoms. The Morgan fingerprint density at radius 2 is 2.33 bits per heavy atom. The molecule has 6 nitrogen and oxygen atoms in total. The minimum absolute atomic E-state index is 0.0467. The summed E-state index contributed by atoms with van der Waals surface area (Å²) < 4.78 is 12.8. The van der Waals surface area contributed by atoms with Crippen LogP contribution in [0.15, 0.2) is 30.5 Å². The number of benzene rings is 1. The molecular formula is C18H23N3O3. The van der Waals surface area contributed by atoms with Gasteiger partial charge in [0.25, 0.3) is 0 Å². The number of fused-ring (bicyclic) bond motifs is 1. The predicted octanol–water partition coefficient (Wildman–Crippen LogP) is 1.96. The number of carbonyl (C=O) groups excluding carboxylic acids is 1. The smallest absolute Gasteiger partial charge is 0.221 e. The van der Waals surface area contributed by atoms with E-state index in [-0.39, 0.29) is 5.91 Å². The Morgan fingerprint density at radius 1 is 1.46 bits per heavy atom. The molecule has 1 aliphatic heterocycles. The number of rotatable bonds is 6. The van der Waals surface area contributed by atoms with Crippen molar-refractivity contribution in [2.24, 2.45) is 5.92 Å². The maximum Gasteiger partial charge on any atom is 0.221 e. The van der Waals surface area contributed by atoms with E-state index in [9.17, 15) is 4.79 Å². The summed E-state index contributed by atoms with van der Waals surface area (Å²) in [6.45, 7) is 3.83. The lowest BCUT2D eigenvalue weighted by atomic mass is 9.96. The summed E-state index contributed by atoms with van der Waals surface area (Å²) in [7, 11) is 1.65. The molecule has 0 aliphatic carbocycles. The molecule has 1 N–H and O–H groups in total. The predicted molar refractivity (Wildman–Crippen MR) is 90.3 cm³/mol. The minimum Gasteiger partial charge on any atom is -0.497 e. The van der Waals surface area contributed by atoms with Crippen molar-refractivity contribution in [3.63, 3.8) is 0 Å². The Bertz CT molecular complexity index is 711. The summed E-state index contributed by atoms with van der Waals surface area (Å²) in [5.74, 6) is 2.02. The van der Waals surface area contributed by atoms with Gasteiger partial charge in [-0.05, 0) is 31.0 Å². The van der Waals surface area contributed by atoms with E-state index in [1.54, 1.807) is 13.3 Å². The first-order valence-corrected chi connectivity index (χ1v) is 8.20. The van der Waals surface area contributed by atoms with Gasteiger partial charge in [0.15, 0.2) is 0 Å². The molecule has 2 heterocycles. The molecule has 1 aromatic carbocycles. The highest BCUT2D eigenvalue weighted by Gasteiger charge is 2.21. The largest absolute Gasteiger partial charge is 0.497 e. The van der Waals surface area contributed by atoms with Crippen molar-refractivity contribution < 1.29 is 14.3 Å². The van der Waals surface area contributed by atoms with Crippen molar-refractivity contribution >= 4 is 5.91 Å². The van der Waals surface area contributed by atoms with Crippen LogP contribution >= 0.6 is 0 Å². The second kappa shape index (κ2) is 7.38. The molecule has 2 aromatic rings. The fourth-order valence-corrected chi connectivity index (χ4v) is 2.86. The van der Waals surface area contributed by atoms with Crippen molar-refractivity contribution in [2.75, 3.05) is 20.3 Å². The lowest BCUT2D eigenvalue weighted by molar-refractivity contribution is -0.121. The van der Waals surface area contributed by atoms with E-state index in [1.807, 2.05) is 35.9 Å². The first-order valence-electron chi connectivity index (χ1n) is 8.20. The number of nitrogens with zero attached hydrogens (tertiary/aromatic N) is 2. The quantitative estimate of drug-likeness (QED) is 0.880. The van der Waals surface area contributed by atoms with Crippen LogP contribution in [-0.4, -0.2) is 35.9 Å². The highest BCUT2D eigenvalue weighted by atomic mass is 16.5. The van der Waals surface area contributed by atoms with Crippen molar-refractivity contribution in [3.8, 4) is 11.5 Å². The fraction of sp³-hybridized carbons (Fsp3) is 0.444. The molecule has 0 saturated heterocycles. The van der Waals surface area contributed by atoms with Crippen LogP contribution < -0.4 is 14.8 Å². The molecule has 1 atom stereocenters. The van der Waals surface area contributed by atoms with Gasteiger partial charge in [-0.1, -0.05) is 6.07 Å². The van der Waals surface area contributed by atoms with Crippen LogP contribution in [0.2, 0.25) is 0 Å². The van der Waals surface area contributed by atoms with Gasteiger partial charge in [-0.3, -0.25) is 9.48 Å². The van der Waals surface area contributed by atoms with Gasteiger partial charge in [-0.15, -0.1) is 0 Å². The summed E-state index contributed by atoms with van der Waals surface area (Å²) in [6.07, 6.45) is 3.08. The second-order valence-electron chi connectivity index (χ2n) is 6.10. The van der Waals surface area contributed by atoms with Gasteiger partial charge < -0.3 is 14.8 Å². The normalized spacial score (nSPS) is 16.2. The highest BCUT2D eigenvalue weighted by Crippen LogP contribution is 2.30. The molecule has 1 aliphatic rings. The highest BCUT2D eigenvalue weighted by molar-refractivity contribution is 5.75. The number of ether oxygens (including phenoxy) is 2. The Morgan fingerprint density at radius 3 is 3.08 bits per heavy atom. The van der Waals surface area contributed by atoms with Gasteiger partial charge in [0.1, 0.15) is 11.5 Å². The molecular weight excluding hydrogens is 306 g/mol. The van der Waals surface area contributed by atoms with Crippen molar-refractivity contribution in [3.05, 3.63) is 41.7 Å². The summed E-state index contributed by atoms with van der Waals surface area (Å²) in [5, 5.41) is 7.19. The van der Waals surface area contributed by atoms with Crippen LogP contribution in [0.5, 0.6) is 11.5 Å². The summed E-state index contributed by atoms with van der Waals surface area (Å²) in [6, 6.07) is 7.82. The minimum atomic E-state index is 0.0467. The Hall–Kier alpha value is -2.50.